The maximum atomic E-state index is 11.9. The number of nitrogens with zero attached hydrogens (tertiary/aromatic N) is 1. The fraction of sp³-hybridized carbons (Fsp3) is 0.0909. The van der Waals surface area contributed by atoms with Gasteiger partial charge in [-0.25, -0.2) is 0 Å². The number of amides is 1. The highest BCUT2D eigenvalue weighted by molar-refractivity contribution is 7.80. The quantitative estimate of drug-likeness (QED) is 0.489. The summed E-state index contributed by atoms with van der Waals surface area (Å²) in [6.07, 6.45) is 4.80. The van der Waals surface area contributed by atoms with E-state index in [0.29, 0.717) is 23.1 Å². The lowest BCUT2D eigenvalue weighted by atomic mass is 10.3. The van der Waals surface area contributed by atoms with Crippen molar-refractivity contribution in [3.63, 3.8) is 0 Å². The third-order valence-corrected chi connectivity index (χ3v) is 2.43. The average Bonchev–Trinajstić information content (AvgIpc) is 2.84. The van der Waals surface area contributed by atoms with Crippen LogP contribution in [0.5, 0.6) is 0 Å². The van der Waals surface area contributed by atoms with Crippen molar-refractivity contribution in [2.75, 3.05) is 6.54 Å². The van der Waals surface area contributed by atoms with Gasteiger partial charge in [0.1, 0.15) is 11.5 Å². The fourth-order valence-electron chi connectivity index (χ4n) is 1.38. The van der Waals surface area contributed by atoms with Gasteiger partial charge in [0.2, 0.25) is 0 Å². The average molecular weight is 234 g/mol. The number of thiocarbonyl (C=S) groups is 1. The first-order valence-corrected chi connectivity index (χ1v) is 5.12. The standard InChI is InChI=1S/C11H10N2O2S/c1-2-5-13-10(14)9(12-11(13)16)7-8-4-3-6-15-8/h2-4,6-7H,1,5H2,(H,12,16)/b9-7-. The minimum atomic E-state index is -0.165. The Morgan fingerprint density at radius 2 is 2.44 bits per heavy atom. The molecule has 2 heterocycles. The van der Waals surface area contributed by atoms with E-state index in [0.717, 1.165) is 0 Å². The van der Waals surface area contributed by atoms with Crippen LogP contribution in [0.1, 0.15) is 5.76 Å². The van der Waals surface area contributed by atoms with Gasteiger partial charge in [-0.1, -0.05) is 6.08 Å². The normalized spacial score (nSPS) is 18.0. The molecule has 0 unspecified atom stereocenters. The van der Waals surface area contributed by atoms with E-state index in [-0.39, 0.29) is 5.91 Å². The number of nitrogens with one attached hydrogen (secondary N) is 1. The summed E-state index contributed by atoms with van der Waals surface area (Å²) in [7, 11) is 0. The summed E-state index contributed by atoms with van der Waals surface area (Å²) in [4.78, 5) is 13.3. The molecule has 1 aromatic heterocycles. The molecule has 0 atom stereocenters. The topological polar surface area (TPSA) is 45.5 Å². The van der Waals surface area contributed by atoms with Gasteiger partial charge < -0.3 is 9.73 Å². The van der Waals surface area contributed by atoms with Crippen LogP contribution in [-0.2, 0) is 4.79 Å². The molecule has 1 aliphatic rings. The summed E-state index contributed by atoms with van der Waals surface area (Å²) in [6, 6.07) is 3.52. The SMILES string of the molecule is C=CCN1C(=O)/C(=C/c2ccco2)NC1=S. The lowest BCUT2D eigenvalue weighted by Crippen LogP contribution is -2.30. The van der Waals surface area contributed by atoms with Crippen LogP contribution in [-0.4, -0.2) is 22.5 Å². The molecule has 5 heteroatoms. The van der Waals surface area contributed by atoms with Crippen molar-refractivity contribution in [3.8, 4) is 0 Å². The van der Waals surface area contributed by atoms with Gasteiger partial charge in [0.25, 0.3) is 5.91 Å². The van der Waals surface area contributed by atoms with Crippen molar-refractivity contribution in [1.29, 1.82) is 0 Å². The Morgan fingerprint density at radius 3 is 3.06 bits per heavy atom. The smallest absolute Gasteiger partial charge is 0.276 e. The van der Waals surface area contributed by atoms with Crippen LogP contribution >= 0.6 is 12.2 Å². The van der Waals surface area contributed by atoms with E-state index >= 15 is 0 Å². The minimum absolute atomic E-state index is 0.165. The highest BCUT2D eigenvalue weighted by Crippen LogP contribution is 2.14. The first kappa shape index (κ1) is 10.6. The molecule has 0 aromatic carbocycles. The summed E-state index contributed by atoms with van der Waals surface area (Å²) in [5.41, 5.74) is 0.418. The van der Waals surface area contributed by atoms with Gasteiger partial charge in [-0.3, -0.25) is 9.69 Å². The van der Waals surface area contributed by atoms with E-state index in [1.54, 1.807) is 30.5 Å². The lowest BCUT2D eigenvalue weighted by molar-refractivity contribution is -0.122. The summed E-state index contributed by atoms with van der Waals surface area (Å²) < 4.78 is 5.12. The van der Waals surface area contributed by atoms with Crippen LogP contribution in [0.15, 0.2) is 41.2 Å². The minimum Gasteiger partial charge on any atom is -0.465 e. The Kier molecular flexibility index (Phi) is 2.87. The molecule has 1 aromatic rings. The van der Waals surface area contributed by atoms with Crippen molar-refractivity contribution in [3.05, 3.63) is 42.5 Å². The maximum Gasteiger partial charge on any atom is 0.276 e. The predicted octanol–water partition coefficient (Wildman–Crippen LogP) is 1.52. The van der Waals surface area contributed by atoms with E-state index in [1.807, 2.05) is 0 Å². The molecule has 82 valence electrons. The molecule has 0 bridgehead atoms. The van der Waals surface area contributed by atoms with Crippen molar-refractivity contribution >= 4 is 29.3 Å². The van der Waals surface area contributed by atoms with Crippen molar-refractivity contribution in [2.24, 2.45) is 0 Å². The second-order valence-corrected chi connectivity index (χ2v) is 3.59. The van der Waals surface area contributed by atoms with Gasteiger partial charge in [-0.2, -0.15) is 0 Å². The van der Waals surface area contributed by atoms with Gasteiger partial charge in [0.15, 0.2) is 5.11 Å². The van der Waals surface area contributed by atoms with Crippen LogP contribution in [0, 0.1) is 0 Å². The van der Waals surface area contributed by atoms with Crippen LogP contribution in [0.4, 0.5) is 0 Å². The van der Waals surface area contributed by atoms with Gasteiger partial charge in [0, 0.05) is 12.6 Å². The summed E-state index contributed by atoms with van der Waals surface area (Å²) in [6.45, 7) is 3.98. The van der Waals surface area contributed by atoms with Crippen LogP contribution in [0.3, 0.4) is 0 Å². The second-order valence-electron chi connectivity index (χ2n) is 3.21. The molecular weight excluding hydrogens is 224 g/mol. The molecule has 4 nitrogen and oxygen atoms in total. The molecule has 1 saturated heterocycles. The summed E-state index contributed by atoms with van der Waals surface area (Å²) in [5, 5.41) is 3.23. The molecule has 1 aliphatic heterocycles. The number of rotatable bonds is 3. The Bertz CT molecular complexity index is 462. The number of hydrogen-bond acceptors (Lipinski definition) is 3. The van der Waals surface area contributed by atoms with Crippen molar-refractivity contribution in [2.45, 2.75) is 0 Å². The molecule has 0 spiro atoms. The lowest BCUT2D eigenvalue weighted by Gasteiger charge is -2.09. The predicted molar refractivity (Wildman–Crippen MR) is 64.3 cm³/mol. The van der Waals surface area contributed by atoms with Gasteiger partial charge >= 0.3 is 0 Å². The van der Waals surface area contributed by atoms with Crippen LogP contribution < -0.4 is 5.32 Å². The van der Waals surface area contributed by atoms with E-state index in [1.165, 1.54) is 4.90 Å². The molecule has 0 radical (unpaired) electrons. The Morgan fingerprint density at radius 1 is 1.62 bits per heavy atom. The first-order valence-electron chi connectivity index (χ1n) is 4.71. The summed E-state index contributed by atoms with van der Waals surface area (Å²) >= 11 is 5.03. The zero-order valence-corrected chi connectivity index (χ0v) is 9.29. The molecule has 1 fully saturated rings. The van der Waals surface area contributed by atoms with E-state index in [4.69, 9.17) is 16.6 Å². The Labute approximate surface area is 98.2 Å². The molecule has 2 rings (SSSR count). The molecule has 0 aliphatic carbocycles. The Balaban J connectivity index is 2.23. The zero-order valence-electron chi connectivity index (χ0n) is 8.47. The van der Waals surface area contributed by atoms with E-state index < -0.39 is 0 Å². The van der Waals surface area contributed by atoms with Crippen molar-refractivity contribution in [1.82, 2.24) is 10.2 Å². The third-order valence-electron chi connectivity index (χ3n) is 2.10. The third kappa shape index (κ3) is 1.90. The van der Waals surface area contributed by atoms with Gasteiger partial charge in [-0.05, 0) is 24.4 Å². The Hall–Kier alpha value is -1.88. The monoisotopic (exact) mass is 234 g/mol. The first-order chi connectivity index (χ1) is 7.72. The number of carbonyl (C=O) groups is 1. The van der Waals surface area contributed by atoms with Crippen LogP contribution in [0.2, 0.25) is 0 Å². The van der Waals surface area contributed by atoms with E-state index in [9.17, 15) is 4.79 Å². The fourth-order valence-corrected chi connectivity index (χ4v) is 1.65. The largest absolute Gasteiger partial charge is 0.465 e. The maximum absolute atomic E-state index is 11.9. The number of furan rings is 1. The molecule has 16 heavy (non-hydrogen) atoms. The van der Waals surface area contributed by atoms with Gasteiger partial charge in [0.05, 0.1) is 6.26 Å². The number of carbonyl (C=O) groups excluding carboxylic acids is 1. The second kappa shape index (κ2) is 4.32. The van der Waals surface area contributed by atoms with Gasteiger partial charge in [-0.15, -0.1) is 6.58 Å². The molecule has 1 N–H and O–H groups in total. The molecular formula is C11H10N2O2S. The molecule has 0 saturated carbocycles. The van der Waals surface area contributed by atoms with Crippen molar-refractivity contribution < 1.29 is 9.21 Å². The highest BCUT2D eigenvalue weighted by atomic mass is 32.1. The molecule has 1 amide bonds. The number of hydrogen-bond donors (Lipinski definition) is 1. The summed E-state index contributed by atoms with van der Waals surface area (Å²) in [5.74, 6) is 0.445. The highest BCUT2D eigenvalue weighted by Gasteiger charge is 2.29. The van der Waals surface area contributed by atoms with Crippen LogP contribution in [0.25, 0.3) is 6.08 Å². The van der Waals surface area contributed by atoms with E-state index in [2.05, 4.69) is 11.9 Å². The zero-order chi connectivity index (χ0) is 11.5.